The number of hydrogen-bond acceptors (Lipinski definition) is 6. The summed E-state index contributed by atoms with van der Waals surface area (Å²) < 4.78 is 34.7. The van der Waals surface area contributed by atoms with E-state index in [9.17, 15) is 17.8 Å². The molecule has 8 heteroatoms. The van der Waals surface area contributed by atoms with Gasteiger partial charge in [-0.1, -0.05) is 0 Å². The Morgan fingerprint density at radius 1 is 1.31 bits per heavy atom. The summed E-state index contributed by atoms with van der Waals surface area (Å²) in [5, 5.41) is 0. The van der Waals surface area contributed by atoms with Crippen molar-refractivity contribution in [3.8, 4) is 5.75 Å². The van der Waals surface area contributed by atoms with Crippen LogP contribution in [0.4, 0.5) is 0 Å². The molecule has 1 aromatic carbocycles. The molecule has 0 aliphatic rings. The molecule has 6 nitrogen and oxygen atoms in total. The van der Waals surface area contributed by atoms with E-state index < -0.39 is 10.4 Å². The van der Waals surface area contributed by atoms with Crippen LogP contribution in [0.15, 0.2) is 24.3 Å². The number of carbonyl (C=O) groups is 1. The molecule has 1 rings (SSSR count). The van der Waals surface area contributed by atoms with Crippen LogP contribution in [0.5, 0.6) is 5.75 Å². The molecule has 1 aromatic rings. The van der Waals surface area contributed by atoms with Crippen molar-refractivity contribution in [2.45, 2.75) is 0 Å². The molecule has 0 saturated carbocycles. The third kappa shape index (κ3) is 5.50. The predicted octanol–water partition coefficient (Wildman–Crippen LogP) is -3.33. The maximum absolute atomic E-state index is 11.1. The molecular weight excluding hydrogens is 261 g/mol. The first kappa shape index (κ1) is 16.2. The summed E-state index contributed by atoms with van der Waals surface area (Å²) in [6, 6.07) is 5.07. The van der Waals surface area contributed by atoms with Crippen molar-refractivity contribution in [3.05, 3.63) is 29.8 Å². The van der Waals surface area contributed by atoms with Crippen LogP contribution < -0.4 is 61.3 Å². The predicted molar refractivity (Wildman–Crippen MR) is 50.2 cm³/mol. The van der Waals surface area contributed by atoms with Gasteiger partial charge in [0.25, 0.3) is 10.4 Å². The largest absolute Gasteiger partial charge is 1.00 e. The van der Waals surface area contributed by atoms with Gasteiger partial charge < -0.3 is 14.5 Å². The van der Waals surface area contributed by atoms with E-state index in [1.165, 1.54) is 24.3 Å². The smallest absolute Gasteiger partial charge is 0.716 e. The van der Waals surface area contributed by atoms with Crippen molar-refractivity contribution in [1.29, 1.82) is 0 Å². The first-order valence-corrected chi connectivity index (χ1v) is 5.24. The molecule has 0 radical (unpaired) electrons. The van der Waals surface area contributed by atoms with E-state index >= 15 is 0 Å². The Labute approximate surface area is 136 Å². The zero-order chi connectivity index (χ0) is 11.5. The van der Waals surface area contributed by atoms with E-state index in [1.807, 2.05) is 0 Å². The summed E-state index contributed by atoms with van der Waals surface area (Å²) in [7, 11) is -4.78. The van der Waals surface area contributed by atoms with Gasteiger partial charge in [0.1, 0.15) is 5.75 Å². The van der Waals surface area contributed by atoms with Crippen LogP contribution in [0, 0.1) is 0 Å². The first-order chi connectivity index (χ1) is 6.92. The Hall–Kier alpha value is 0.196. The Kier molecular flexibility index (Phi) is 6.90. The summed E-state index contributed by atoms with van der Waals surface area (Å²) in [4.78, 5) is 11.1. The van der Waals surface area contributed by atoms with Crippen LogP contribution in [0.3, 0.4) is 0 Å². The third-order valence-corrected chi connectivity index (χ3v) is 1.96. The van der Waals surface area contributed by atoms with Crippen molar-refractivity contribution >= 4 is 16.2 Å². The molecule has 0 atom stereocenters. The second-order valence-corrected chi connectivity index (χ2v) is 3.63. The average Bonchev–Trinajstić information content (AvgIpc) is 2.15. The minimum atomic E-state index is -4.78. The van der Waals surface area contributed by atoms with Gasteiger partial charge in [0.2, 0.25) is 0 Å². The van der Waals surface area contributed by atoms with E-state index in [1.54, 1.807) is 0 Å². The molecular formula is C8H8KNO5S. The van der Waals surface area contributed by atoms with Crippen LogP contribution in [0.2, 0.25) is 0 Å². The summed E-state index contributed by atoms with van der Waals surface area (Å²) in [5.41, 5.74) is 5.44. The Morgan fingerprint density at radius 2 is 1.81 bits per heavy atom. The molecule has 0 spiro atoms. The maximum atomic E-state index is 11.1. The molecule has 16 heavy (non-hydrogen) atoms. The standard InChI is InChI=1S/C8H9NO5S.K/c9-5-8(10)6-1-3-7(4-2-6)14-15(11,12)13;/h1-4H,5,9H2,(H,11,12,13);/q;+1/p-1. The number of Topliss-reactive ketones (excluding diaryl/α,β-unsaturated/α-hetero) is 1. The Balaban J connectivity index is 0.00000225. The van der Waals surface area contributed by atoms with Gasteiger partial charge in [-0.15, -0.1) is 0 Å². The second kappa shape index (κ2) is 6.82. The van der Waals surface area contributed by atoms with Crippen LogP contribution in [0.1, 0.15) is 10.4 Å². The molecule has 2 N–H and O–H groups in total. The fraction of sp³-hybridized carbons (Fsp3) is 0.125. The number of nitrogens with two attached hydrogens (primary N) is 1. The average molecular weight is 269 g/mol. The monoisotopic (exact) mass is 269 g/mol. The number of carbonyl (C=O) groups excluding carboxylic acids is 1. The second-order valence-electron chi connectivity index (χ2n) is 2.64. The van der Waals surface area contributed by atoms with Crippen LogP contribution in [0.25, 0.3) is 0 Å². The van der Waals surface area contributed by atoms with E-state index in [-0.39, 0.29) is 69.5 Å². The molecule has 0 aliphatic carbocycles. The van der Waals surface area contributed by atoms with Gasteiger partial charge in [-0.3, -0.25) is 4.79 Å². The summed E-state index contributed by atoms with van der Waals surface area (Å²) in [6.07, 6.45) is 0. The van der Waals surface area contributed by atoms with Gasteiger partial charge in [0.05, 0.1) is 6.54 Å². The summed E-state index contributed by atoms with van der Waals surface area (Å²) >= 11 is 0. The molecule has 0 unspecified atom stereocenters. The fourth-order valence-electron chi connectivity index (χ4n) is 0.932. The number of hydrogen-bond donors (Lipinski definition) is 1. The SMILES string of the molecule is NCC(=O)c1ccc(OS(=O)(=O)[O-])cc1.[K+]. The molecule has 0 amide bonds. The van der Waals surface area contributed by atoms with Crippen LogP contribution in [-0.4, -0.2) is 25.3 Å². The molecule has 82 valence electrons. The van der Waals surface area contributed by atoms with E-state index in [0.717, 1.165) is 0 Å². The van der Waals surface area contributed by atoms with Crippen molar-refractivity contribution in [2.24, 2.45) is 5.73 Å². The number of ketones is 1. The van der Waals surface area contributed by atoms with Gasteiger partial charge in [-0.05, 0) is 24.3 Å². The molecule has 0 aromatic heterocycles. The number of rotatable bonds is 4. The zero-order valence-electron chi connectivity index (χ0n) is 8.54. The fourth-order valence-corrected chi connectivity index (χ4v) is 1.28. The van der Waals surface area contributed by atoms with Crippen molar-refractivity contribution in [2.75, 3.05) is 6.54 Å². The topological polar surface area (TPSA) is 110 Å². The van der Waals surface area contributed by atoms with E-state index in [4.69, 9.17) is 5.73 Å². The van der Waals surface area contributed by atoms with Crippen LogP contribution >= 0.6 is 0 Å². The quantitative estimate of drug-likeness (QED) is 0.265. The minimum Gasteiger partial charge on any atom is -0.716 e. The van der Waals surface area contributed by atoms with Gasteiger partial charge >= 0.3 is 51.4 Å². The number of benzene rings is 1. The van der Waals surface area contributed by atoms with Crippen LogP contribution in [-0.2, 0) is 10.4 Å². The van der Waals surface area contributed by atoms with Gasteiger partial charge in [0.15, 0.2) is 5.78 Å². The normalized spacial score (nSPS) is 10.4. The zero-order valence-corrected chi connectivity index (χ0v) is 12.5. The van der Waals surface area contributed by atoms with Gasteiger partial charge in [-0.25, -0.2) is 8.42 Å². The van der Waals surface area contributed by atoms with Gasteiger partial charge in [-0.2, -0.15) is 0 Å². The first-order valence-electron chi connectivity index (χ1n) is 3.91. The Bertz CT molecular complexity index is 456. The van der Waals surface area contributed by atoms with E-state index in [0.29, 0.717) is 5.56 Å². The molecule has 0 saturated heterocycles. The molecule has 0 fully saturated rings. The third-order valence-electron chi connectivity index (χ3n) is 1.56. The summed E-state index contributed by atoms with van der Waals surface area (Å²) in [5.74, 6) is -0.426. The maximum Gasteiger partial charge on any atom is 1.00 e. The summed E-state index contributed by atoms with van der Waals surface area (Å²) in [6.45, 7) is -0.139. The van der Waals surface area contributed by atoms with E-state index in [2.05, 4.69) is 4.18 Å². The molecule has 0 bridgehead atoms. The Morgan fingerprint density at radius 3 is 2.19 bits per heavy atom. The van der Waals surface area contributed by atoms with Crippen molar-refractivity contribution in [1.82, 2.24) is 0 Å². The van der Waals surface area contributed by atoms with Gasteiger partial charge in [0, 0.05) is 5.56 Å². The van der Waals surface area contributed by atoms with Crippen molar-refractivity contribution < 1.29 is 73.3 Å². The van der Waals surface area contributed by atoms with Crippen molar-refractivity contribution in [3.63, 3.8) is 0 Å². The minimum absolute atomic E-state index is 0. The molecule has 0 aliphatic heterocycles. The molecule has 0 heterocycles.